The van der Waals surface area contributed by atoms with Crippen LogP contribution in [0.15, 0.2) is 47.8 Å². The highest BCUT2D eigenvalue weighted by Gasteiger charge is 2.14. The predicted molar refractivity (Wildman–Crippen MR) is 76.9 cm³/mol. The van der Waals surface area contributed by atoms with Crippen LogP contribution >= 0.6 is 11.8 Å². The van der Waals surface area contributed by atoms with Gasteiger partial charge in [0.1, 0.15) is 0 Å². The number of nitrogens with zero attached hydrogens (tertiary/aromatic N) is 3. The van der Waals surface area contributed by atoms with Gasteiger partial charge in [0.15, 0.2) is 10.6 Å². The number of benzene rings is 1. The second-order valence-electron chi connectivity index (χ2n) is 4.23. The van der Waals surface area contributed by atoms with Crippen molar-refractivity contribution in [3.8, 4) is 22.5 Å². The van der Waals surface area contributed by atoms with Gasteiger partial charge in [-0.1, -0.05) is 42.1 Å². The fraction of sp³-hybridized carbons (Fsp3) is 0.0714. The van der Waals surface area contributed by atoms with Crippen molar-refractivity contribution in [3.63, 3.8) is 0 Å². The largest absolute Gasteiger partial charge is 0.428 e. The van der Waals surface area contributed by atoms with Gasteiger partial charge >= 0.3 is 0 Å². The highest BCUT2D eigenvalue weighted by Crippen LogP contribution is 2.25. The Morgan fingerprint density at radius 1 is 1.20 bits per heavy atom. The van der Waals surface area contributed by atoms with Gasteiger partial charge in [-0.25, -0.2) is 9.97 Å². The molecule has 0 amide bonds. The van der Waals surface area contributed by atoms with E-state index in [-0.39, 0.29) is 5.49 Å². The van der Waals surface area contributed by atoms with Gasteiger partial charge in [-0.05, 0) is 12.3 Å². The lowest BCUT2D eigenvalue weighted by molar-refractivity contribution is 0.189. The molecule has 5 nitrogen and oxygen atoms in total. The molecule has 0 atom stereocenters. The van der Waals surface area contributed by atoms with Crippen molar-refractivity contribution in [2.24, 2.45) is 0 Å². The Labute approximate surface area is 119 Å². The smallest absolute Gasteiger partial charge is 0.189 e. The Kier molecular flexibility index (Phi) is 3.15. The molecule has 2 aliphatic rings. The first kappa shape index (κ1) is 12.7. The maximum Gasteiger partial charge on any atom is 0.189 e. The van der Waals surface area contributed by atoms with E-state index in [1.165, 1.54) is 18.0 Å². The minimum Gasteiger partial charge on any atom is -0.428 e. The zero-order valence-corrected chi connectivity index (χ0v) is 11.6. The SMILES string of the molecule is CSc1nc2cc(-c3ccccc3)n(O)cc-2c(=N)n1. The molecule has 1 aromatic rings. The Morgan fingerprint density at radius 2 is 1.95 bits per heavy atom. The quantitative estimate of drug-likeness (QED) is 0.431. The van der Waals surface area contributed by atoms with Crippen LogP contribution in [0.4, 0.5) is 0 Å². The number of fused-ring (bicyclic) bond motifs is 1. The van der Waals surface area contributed by atoms with Gasteiger partial charge in [-0.15, -0.1) is 0 Å². The van der Waals surface area contributed by atoms with Crippen LogP contribution in [0.5, 0.6) is 0 Å². The third-order valence-corrected chi connectivity index (χ3v) is 3.53. The third kappa shape index (κ3) is 2.14. The molecule has 0 aliphatic carbocycles. The van der Waals surface area contributed by atoms with E-state index in [0.29, 0.717) is 22.1 Å². The van der Waals surface area contributed by atoms with Gasteiger partial charge < -0.3 is 5.21 Å². The van der Waals surface area contributed by atoms with E-state index < -0.39 is 0 Å². The molecule has 20 heavy (non-hydrogen) atoms. The van der Waals surface area contributed by atoms with E-state index in [2.05, 4.69) is 9.97 Å². The van der Waals surface area contributed by atoms with Crippen LogP contribution in [-0.2, 0) is 0 Å². The number of aromatic nitrogens is 3. The molecule has 0 unspecified atom stereocenters. The zero-order chi connectivity index (χ0) is 14.1. The average molecular weight is 284 g/mol. The molecule has 2 heterocycles. The number of nitrogens with one attached hydrogen (secondary N) is 1. The first-order valence-electron chi connectivity index (χ1n) is 5.97. The fourth-order valence-electron chi connectivity index (χ4n) is 2.01. The van der Waals surface area contributed by atoms with Crippen molar-refractivity contribution in [2.75, 3.05) is 6.26 Å². The first-order valence-corrected chi connectivity index (χ1v) is 7.19. The van der Waals surface area contributed by atoms with E-state index in [9.17, 15) is 5.21 Å². The molecule has 0 bridgehead atoms. The number of hydrogen-bond donors (Lipinski definition) is 2. The summed E-state index contributed by atoms with van der Waals surface area (Å²) in [6.45, 7) is 0. The summed E-state index contributed by atoms with van der Waals surface area (Å²) in [5, 5.41) is 18.5. The van der Waals surface area contributed by atoms with Crippen LogP contribution in [0.2, 0.25) is 0 Å². The maximum atomic E-state index is 10.1. The minimum atomic E-state index is 0.113. The lowest BCUT2D eigenvalue weighted by Gasteiger charge is -2.12. The normalized spacial score (nSPS) is 10.8. The lowest BCUT2D eigenvalue weighted by Crippen LogP contribution is -2.16. The van der Waals surface area contributed by atoms with E-state index in [1.807, 2.05) is 36.6 Å². The van der Waals surface area contributed by atoms with E-state index in [4.69, 9.17) is 5.41 Å². The van der Waals surface area contributed by atoms with Gasteiger partial charge in [-0.2, -0.15) is 4.73 Å². The summed E-state index contributed by atoms with van der Waals surface area (Å²) in [5.74, 6) is 0. The Morgan fingerprint density at radius 3 is 2.65 bits per heavy atom. The fourth-order valence-corrected chi connectivity index (χ4v) is 2.38. The molecule has 0 aromatic heterocycles. The van der Waals surface area contributed by atoms with E-state index in [0.717, 1.165) is 10.3 Å². The summed E-state index contributed by atoms with van der Waals surface area (Å²) < 4.78 is 1.01. The van der Waals surface area contributed by atoms with Crippen molar-refractivity contribution in [1.29, 1.82) is 5.41 Å². The number of hydrogen-bond acceptors (Lipinski definition) is 5. The molecule has 2 aliphatic heterocycles. The minimum absolute atomic E-state index is 0.113. The predicted octanol–water partition coefficient (Wildman–Crippen LogP) is 2.49. The lowest BCUT2D eigenvalue weighted by atomic mass is 10.1. The molecule has 0 spiro atoms. The Balaban J connectivity index is 2.29. The van der Waals surface area contributed by atoms with Crippen molar-refractivity contribution in [3.05, 3.63) is 48.1 Å². The average Bonchev–Trinajstić information content (AvgIpc) is 2.48. The maximum absolute atomic E-state index is 10.1. The second-order valence-corrected chi connectivity index (χ2v) is 5.00. The molecule has 6 heteroatoms. The van der Waals surface area contributed by atoms with Gasteiger partial charge in [-0.3, -0.25) is 5.41 Å². The van der Waals surface area contributed by atoms with Crippen LogP contribution in [0.25, 0.3) is 22.5 Å². The van der Waals surface area contributed by atoms with Crippen molar-refractivity contribution >= 4 is 11.8 Å². The van der Waals surface area contributed by atoms with E-state index >= 15 is 0 Å². The molecule has 1 aromatic carbocycles. The number of rotatable bonds is 2. The van der Waals surface area contributed by atoms with Gasteiger partial charge in [0.2, 0.25) is 0 Å². The third-order valence-electron chi connectivity index (χ3n) is 2.98. The Hall–Kier alpha value is -2.34. The van der Waals surface area contributed by atoms with Crippen LogP contribution in [0.1, 0.15) is 0 Å². The first-order chi connectivity index (χ1) is 9.69. The summed E-state index contributed by atoms with van der Waals surface area (Å²) in [7, 11) is 0. The summed E-state index contributed by atoms with van der Waals surface area (Å²) in [6, 6.07) is 11.3. The molecule has 0 saturated heterocycles. The highest BCUT2D eigenvalue weighted by atomic mass is 32.2. The molecule has 3 rings (SSSR count). The molecule has 100 valence electrons. The summed E-state index contributed by atoms with van der Waals surface area (Å²) in [5.41, 5.74) is 2.79. The van der Waals surface area contributed by atoms with Crippen molar-refractivity contribution in [1.82, 2.24) is 14.7 Å². The van der Waals surface area contributed by atoms with Crippen LogP contribution in [-0.4, -0.2) is 26.2 Å². The summed E-state index contributed by atoms with van der Waals surface area (Å²) in [4.78, 5) is 8.45. The molecule has 2 N–H and O–H groups in total. The van der Waals surface area contributed by atoms with Crippen molar-refractivity contribution < 1.29 is 5.21 Å². The number of pyridine rings is 1. The monoisotopic (exact) mass is 284 g/mol. The Bertz CT molecular complexity index is 785. The van der Waals surface area contributed by atoms with Gasteiger partial charge in [0.25, 0.3) is 0 Å². The number of thioether (sulfide) groups is 1. The van der Waals surface area contributed by atoms with Crippen LogP contribution < -0.4 is 5.49 Å². The highest BCUT2D eigenvalue weighted by molar-refractivity contribution is 7.98. The molecule has 0 radical (unpaired) electrons. The summed E-state index contributed by atoms with van der Waals surface area (Å²) >= 11 is 1.39. The second kappa shape index (κ2) is 4.97. The van der Waals surface area contributed by atoms with Gasteiger partial charge in [0, 0.05) is 5.56 Å². The van der Waals surface area contributed by atoms with Crippen LogP contribution in [0, 0.1) is 5.41 Å². The topological polar surface area (TPSA) is 74.8 Å². The van der Waals surface area contributed by atoms with E-state index in [1.54, 1.807) is 6.07 Å². The summed E-state index contributed by atoms with van der Waals surface area (Å²) in [6.07, 6.45) is 3.35. The standard InChI is InChI=1S/C14H12N4OS/c1-20-14-16-11-7-12(9-5-3-2-4-6-9)18(19)8-10(11)13(15)17-14/h2-8,15,19H,1H3. The molecular weight excluding hydrogens is 272 g/mol. The molecule has 0 saturated carbocycles. The van der Waals surface area contributed by atoms with Crippen molar-refractivity contribution in [2.45, 2.75) is 5.16 Å². The zero-order valence-electron chi connectivity index (χ0n) is 10.7. The molecule has 0 fully saturated rings. The van der Waals surface area contributed by atoms with Crippen LogP contribution in [0.3, 0.4) is 0 Å². The van der Waals surface area contributed by atoms with Gasteiger partial charge in [0.05, 0.1) is 23.1 Å². The molecular formula is C14H12N4OS.